The molecule has 0 amide bonds. The molecule has 25 heavy (non-hydrogen) atoms. The van der Waals surface area contributed by atoms with Gasteiger partial charge in [0.15, 0.2) is 5.69 Å². The zero-order valence-electron chi connectivity index (χ0n) is 13.7. The van der Waals surface area contributed by atoms with Crippen LogP contribution in [0.15, 0.2) is 52.6 Å². The number of benzene rings is 1. The lowest BCUT2D eigenvalue weighted by Crippen LogP contribution is -2.24. The Morgan fingerprint density at radius 3 is 2.76 bits per heavy atom. The molecule has 0 aliphatic heterocycles. The van der Waals surface area contributed by atoms with Gasteiger partial charge in [-0.3, -0.25) is 4.79 Å². The first-order chi connectivity index (χ1) is 12.2. The number of carbonyl (C=O) groups is 1. The lowest BCUT2D eigenvalue weighted by Gasteiger charge is -2.05. The largest absolute Gasteiger partial charge is 0.454 e. The molecule has 3 rings (SSSR count). The molecule has 1 aromatic carbocycles. The van der Waals surface area contributed by atoms with Crippen molar-refractivity contribution in [2.24, 2.45) is 0 Å². The van der Waals surface area contributed by atoms with E-state index in [0.29, 0.717) is 12.2 Å². The van der Waals surface area contributed by atoms with E-state index in [9.17, 15) is 9.59 Å². The summed E-state index contributed by atoms with van der Waals surface area (Å²) >= 11 is 1.50. The van der Waals surface area contributed by atoms with Crippen LogP contribution in [0.1, 0.15) is 29.5 Å². The van der Waals surface area contributed by atoms with Gasteiger partial charge < -0.3 is 4.74 Å². The smallest absolute Gasteiger partial charge is 0.359 e. The Bertz CT molecular complexity index is 919. The SMILES string of the molecule is CCCn1nc(C(=O)OCc2csc(-c3ccccc3)n2)ccc1=O. The van der Waals surface area contributed by atoms with Gasteiger partial charge in [0, 0.05) is 23.6 Å². The van der Waals surface area contributed by atoms with Gasteiger partial charge in [0.2, 0.25) is 0 Å². The van der Waals surface area contributed by atoms with E-state index in [1.165, 1.54) is 28.2 Å². The van der Waals surface area contributed by atoms with Crippen LogP contribution in [0, 0.1) is 0 Å². The first-order valence-corrected chi connectivity index (χ1v) is 8.80. The summed E-state index contributed by atoms with van der Waals surface area (Å²) in [6, 6.07) is 12.5. The van der Waals surface area contributed by atoms with Crippen molar-refractivity contribution >= 4 is 17.3 Å². The van der Waals surface area contributed by atoms with Crippen LogP contribution in [0.25, 0.3) is 10.6 Å². The number of hydrogen-bond acceptors (Lipinski definition) is 6. The van der Waals surface area contributed by atoms with E-state index in [1.54, 1.807) is 0 Å². The van der Waals surface area contributed by atoms with Gasteiger partial charge >= 0.3 is 5.97 Å². The Morgan fingerprint density at radius 2 is 2.00 bits per heavy atom. The topological polar surface area (TPSA) is 74.1 Å². The third kappa shape index (κ3) is 4.19. The number of hydrogen-bond donors (Lipinski definition) is 0. The van der Waals surface area contributed by atoms with E-state index < -0.39 is 5.97 Å². The molecular weight excluding hydrogens is 338 g/mol. The Kier molecular flexibility index (Phi) is 5.35. The number of aryl methyl sites for hydroxylation is 1. The monoisotopic (exact) mass is 355 g/mol. The van der Waals surface area contributed by atoms with Crippen molar-refractivity contribution in [2.45, 2.75) is 26.5 Å². The van der Waals surface area contributed by atoms with Gasteiger partial charge in [-0.1, -0.05) is 37.3 Å². The molecule has 0 atom stereocenters. The van der Waals surface area contributed by atoms with Crippen molar-refractivity contribution in [3.05, 3.63) is 69.6 Å². The predicted molar refractivity (Wildman–Crippen MR) is 95.5 cm³/mol. The average Bonchev–Trinajstić information content (AvgIpc) is 3.11. The fourth-order valence-electron chi connectivity index (χ4n) is 2.23. The maximum atomic E-state index is 12.1. The zero-order chi connectivity index (χ0) is 17.6. The first-order valence-electron chi connectivity index (χ1n) is 7.92. The van der Waals surface area contributed by atoms with Crippen molar-refractivity contribution in [1.82, 2.24) is 14.8 Å². The number of carbonyl (C=O) groups excluding carboxylic acids is 1. The van der Waals surface area contributed by atoms with E-state index in [0.717, 1.165) is 17.0 Å². The Balaban J connectivity index is 1.66. The number of aromatic nitrogens is 3. The molecule has 0 fully saturated rings. The summed E-state index contributed by atoms with van der Waals surface area (Å²) in [6.45, 7) is 2.47. The van der Waals surface area contributed by atoms with Crippen LogP contribution in [-0.2, 0) is 17.9 Å². The summed E-state index contributed by atoms with van der Waals surface area (Å²) in [7, 11) is 0. The molecule has 3 aromatic rings. The lowest BCUT2D eigenvalue weighted by molar-refractivity contribution is 0.0458. The van der Waals surface area contributed by atoms with Crippen LogP contribution in [0.3, 0.4) is 0 Å². The third-order valence-corrected chi connectivity index (χ3v) is 4.37. The minimum absolute atomic E-state index is 0.0662. The number of esters is 1. The number of thiazole rings is 1. The standard InChI is InChI=1S/C18H17N3O3S/c1-2-10-21-16(22)9-8-15(20-21)18(23)24-11-14-12-25-17(19-14)13-6-4-3-5-7-13/h3-9,12H,2,10-11H2,1H3. The van der Waals surface area contributed by atoms with E-state index >= 15 is 0 Å². The molecule has 2 heterocycles. The summed E-state index contributed by atoms with van der Waals surface area (Å²) < 4.78 is 6.53. The first kappa shape index (κ1) is 17.0. The molecule has 6 nitrogen and oxygen atoms in total. The molecule has 0 spiro atoms. The van der Waals surface area contributed by atoms with Gasteiger partial charge in [-0.2, -0.15) is 5.10 Å². The maximum absolute atomic E-state index is 12.1. The van der Waals surface area contributed by atoms with E-state index in [1.807, 2.05) is 42.6 Å². The average molecular weight is 355 g/mol. The summed E-state index contributed by atoms with van der Waals surface area (Å²) in [5, 5.41) is 6.78. The Morgan fingerprint density at radius 1 is 1.20 bits per heavy atom. The second-order valence-electron chi connectivity index (χ2n) is 5.37. The molecule has 0 bridgehead atoms. The summed E-state index contributed by atoms with van der Waals surface area (Å²) in [5.41, 5.74) is 1.59. The van der Waals surface area contributed by atoms with Crippen LogP contribution in [0.4, 0.5) is 0 Å². The van der Waals surface area contributed by atoms with Crippen molar-refractivity contribution in [3.63, 3.8) is 0 Å². The van der Waals surface area contributed by atoms with E-state index in [4.69, 9.17) is 4.74 Å². The molecular formula is C18H17N3O3S. The second kappa shape index (κ2) is 7.85. The Labute approximate surface area is 148 Å². The van der Waals surface area contributed by atoms with Crippen LogP contribution in [0.5, 0.6) is 0 Å². The van der Waals surface area contributed by atoms with Crippen LogP contribution in [-0.4, -0.2) is 20.7 Å². The molecule has 0 saturated carbocycles. The molecule has 0 unspecified atom stereocenters. The quantitative estimate of drug-likeness (QED) is 0.635. The van der Waals surface area contributed by atoms with Gasteiger partial charge in [0.05, 0.1) is 5.69 Å². The molecule has 0 N–H and O–H groups in total. The minimum atomic E-state index is -0.570. The van der Waals surface area contributed by atoms with E-state index in [-0.39, 0.29) is 17.9 Å². The summed E-state index contributed by atoms with van der Waals surface area (Å²) in [5.74, 6) is -0.570. The van der Waals surface area contributed by atoms with Gasteiger partial charge in [0.25, 0.3) is 5.56 Å². The van der Waals surface area contributed by atoms with Crippen molar-refractivity contribution in [1.29, 1.82) is 0 Å². The molecule has 0 aliphatic rings. The summed E-state index contributed by atoms with van der Waals surface area (Å²) in [6.07, 6.45) is 0.756. The highest BCUT2D eigenvalue weighted by atomic mass is 32.1. The Hall–Kier alpha value is -2.80. The minimum Gasteiger partial charge on any atom is -0.454 e. The van der Waals surface area contributed by atoms with Crippen molar-refractivity contribution < 1.29 is 9.53 Å². The normalized spacial score (nSPS) is 10.6. The number of nitrogens with zero attached hydrogens (tertiary/aromatic N) is 3. The second-order valence-corrected chi connectivity index (χ2v) is 6.22. The highest BCUT2D eigenvalue weighted by Crippen LogP contribution is 2.23. The highest BCUT2D eigenvalue weighted by molar-refractivity contribution is 7.13. The maximum Gasteiger partial charge on any atom is 0.359 e. The van der Waals surface area contributed by atoms with Gasteiger partial charge in [0.1, 0.15) is 11.6 Å². The lowest BCUT2D eigenvalue weighted by atomic mass is 10.2. The van der Waals surface area contributed by atoms with Gasteiger partial charge in [-0.25, -0.2) is 14.5 Å². The molecule has 0 aliphatic carbocycles. The van der Waals surface area contributed by atoms with Crippen molar-refractivity contribution in [3.8, 4) is 10.6 Å². The van der Waals surface area contributed by atoms with E-state index in [2.05, 4.69) is 10.1 Å². The fraction of sp³-hybridized carbons (Fsp3) is 0.222. The number of ether oxygens (including phenoxy) is 1. The van der Waals surface area contributed by atoms with Gasteiger partial charge in [-0.15, -0.1) is 11.3 Å². The van der Waals surface area contributed by atoms with Gasteiger partial charge in [-0.05, 0) is 12.5 Å². The highest BCUT2D eigenvalue weighted by Gasteiger charge is 2.12. The molecule has 7 heteroatoms. The molecule has 128 valence electrons. The molecule has 0 radical (unpaired) electrons. The fourth-order valence-corrected chi connectivity index (χ4v) is 3.04. The van der Waals surface area contributed by atoms with Crippen LogP contribution in [0.2, 0.25) is 0 Å². The summed E-state index contributed by atoms with van der Waals surface area (Å²) in [4.78, 5) is 28.3. The third-order valence-electron chi connectivity index (χ3n) is 3.43. The zero-order valence-corrected chi connectivity index (χ0v) is 14.5. The van der Waals surface area contributed by atoms with Crippen molar-refractivity contribution in [2.75, 3.05) is 0 Å². The van der Waals surface area contributed by atoms with Crippen LogP contribution < -0.4 is 5.56 Å². The van der Waals surface area contributed by atoms with Crippen LogP contribution >= 0.6 is 11.3 Å². The predicted octanol–water partition coefficient (Wildman–Crippen LogP) is 3.13. The molecule has 2 aromatic heterocycles. The number of rotatable bonds is 6. The molecule has 0 saturated heterocycles.